The SMILES string of the molecule is CCCCCC/C=C(\c1ccccc1)c1cccnc1. The van der Waals surface area contributed by atoms with Gasteiger partial charge in [0.25, 0.3) is 0 Å². The highest BCUT2D eigenvalue weighted by Crippen LogP contribution is 2.23. The van der Waals surface area contributed by atoms with Gasteiger partial charge in [-0.2, -0.15) is 0 Å². The molecule has 1 aromatic carbocycles. The first-order valence-electron chi connectivity index (χ1n) is 7.58. The number of nitrogens with zero attached hydrogens (tertiary/aromatic N) is 1. The number of unbranched alkanes of at least 4 members (excludes halogenated alkanes) is 4. The zero-order valence-electron chi connectivity index (χ0n) is 12.3. The van der Waals surface area contributed by atoms with Crippen molar-refractivity contribution in [1.29, 1.82) is 0 Å². The molecule has 0 spiro atoms. The van der Waals surface area contributed by atoms with E-state index in [1.165, 1.54) is 42.4 Å². The van der Waals surface area contributed by atoms with E-state index < -0.39 is 0 Å². The second-order valence-corrected chi connectivity index (χ2v) is 5.07. The molecule has 0 saturated carbocycles. The lowest BCUT2D eigenvalue weighted by Gasteiger charge is -2.08. The predicted molar refractivity (Wildman–Crippen MR) is 86.5 cm³/mol. The van der Waals surface area contributed by atoms with Crippen LogP contribution in [0.3, 0.4) is 0 Å². The van der Waals surface area contributed by atoms with Crippen LogP contribution in [0.2, 0.25) is 0 Å². The highest BCUT2D eigenvalue weighted by Gasteiger charge is 2.03. The quantitative estimate of drug-likeness (QED) is 0.604. The van der Waals surface area contributed by atoms with Crippen molar-refractivity contribution in [3.05, 3.63) is 72.1 Å². The summed E-state index contributed by atoms with van der Waals surface area (Å²) >= 11 is 0. The van der Waals surface area contributed by atoms with Crippen LogP contribution in [0.4, 0.5) is 0 Å². The average molecular weight is 265 g/mol. The average Bonchev–Trinajstić information content (AvgIpc) is 2.53. The molecule has 104 valence electrons. The van der Waals surface area contributed by atoms with Gasteiger partial charge >= 0.3 is 0 Å². The maximum Gasteiger partial charge on any atom is 0.0346 e. The molecular weight excluding hydrogens is 242 g/mol. The van der Waals surface area contributed by atoms with Gasteiger partial charge in [-0.15, -0.1) is 0 Å². The van der Waals surface area contributed by atoms with E-state index in [1.807, 2.05) is 18.5 Å². The fraction of sp³-hybridized carbons (Fsp3) is 0.316. The van der Waals surface area contributed by atoms with E-state index in [2.05, 4.69) is 54.4 Å². The smallest absolute Gasteiger partial charge is 0.0346 e. The Kier molecular flexibility index (Phi) is 6.04. The van der Waals surface area contributed by atoms with Crippen LogP contribution < -0.4 is 0 Å². The Labute approximate surface area is 122 Å². The first-order valence-corrected chi connectivity index (χ1v) is 7.58. The van der Waals surface area contributed by atoms with Crippen molar-refractivity contribution in [2.24, 2.45) is 0 Å². The number of pyridine rings is 1. The van der Waals surface area contributed by atoms with Crippen LogP contribution in [0, 0.1) is 0 Å². The summed E-state index contributed by atoms with van der Waals surface area (Å²) in [6.45, 7) is 2.25. The van der Waals surface area contributed by atoms with Crippen LogP contribution in [0.25, 0.3) is 5.57 Å². The van der Waals surface area contributed by atoms with Gasteiger partial charge in [0.05, 0.1) is 0 Å². The third-order valence-corrected chi connectivity index (χ3v) is 3.46. The van der Waals surface area contributed by atoms with E-state index in [9.17, 15) is 0 Å². The van der Waals surface area contributed by atoms with E-state index in [1.54, 1.807) is 0 Å². The lowest BCUT2D eigenvalue weighted by atomic mass is 9.97. The molecule has 0 aliphatic rings. The number of hydrogen-bond acceptors (Lipinski definition) is 1. The van der Waals surface area contributed by atoms with Crippen LogP contribution in [-0.2, 0) is 0 Å². The summed E-state index contributed by atoms with van der Waals surface area (Å²) in [7, 11) is 0. The van der Waals surface area contributed by atoms with Gasteiger partial charge < -0.3 is 0 Å². The van der Waals surface area contributed by atoms with Crippen molar-refractivity contribution in [2.75, 3.05) is 0 Å². The van der Waals surface area contributed by atoms with Crippen LogP contribution in [-0.4, -0.2) is 4.98 Å². The highest BCUT2D eigenvalue weighted by atomic mass is 14.6. The largest absolute Gasteiger partial charge is 0.264 e. The molecule has 2 rings (SSSR count). The van der Waals surface area contributed by atoms with Gasteiger partial charge in [-0.25, -0.2) is 0 Å². The molecule has 20 heavy (non-hydrogen) atoms. The lowest BCUT2D eigenvalue weighted by molar-refractivity contribution is 0.675. The van der Waals surface area contributed by atoms with Gasteiger partial charge in [0, 0.05) is 18.0 Å². The van der Waals surface area contributed by atoms with E-state index in [-0.39, 0.29) is 0 Å². The Balaban J connectivity index is 2.15. The molecule has 0 amide bonds. The number of aromatic nitrogens is 1. The fourth-order valence-corrected chi connectivity index (χ4v) is 2.36. The Bertz CT molecular complexity index is 472. The van der Waals surface area contributed by atoms with Gasteiger partial charge in [-0.1, -0.05) is 68.7 Å². The predicted octanol–water partition coefficient (Wildman–Crippen LogP) is 5.48. The first-order chi connectivity index (χ1) is 9.92. The van der Waals surface area contributed by atoms with Crippen LogP contribution in [0.15, 0.2) is 60.9 Å². The molecule has 1 nitrogen and oxygen atoms in total. The van der Waals surface area contributed by atoms with E-state index in [0.29, 0.717) is 0 Å². The highest BCUT2D eigenvalue weighted by molar-refractivity contribution is 5.79. The fourth-order valence-electron chi connectivity index (χ4n) is 2.36. The minimum absolute atomic E-state index is 1.14. The molecule has 1 heteroatoms. The zero-order chi connectivity index (χ0) is 14.0. The molecule has 0 radical (unpaired) electrons. The minimum atomic E-state index is 1.14. The van der Waals surface area contributed by atoms with Crippen LogP contribution >= 0.6 is 0 Å². The minimum Gasteiger partial charge on any atom is -0.264 e. The Hall–Kier alpha value is -1.89. The van der Waals surface area contributed by atoms with Crippen molar-refractivity contribution >= 4 is 5.57 Å². The zero-order valence-corrected chi connectivity index (χ0v) is 12.3. The van der Waals surface area contributed by atoms with Gasteiger partial charge in [-0.05, 0) is 30.0 Å². The van der Waals surface area contributed by atoms with Crippen molar-refractivity contribution < 1.29 is 0 Å². The van der Waals surface area contributed by atoms with Gasteiger partial charge in [0.15, 0.2) is 0 Å². The molecule has 0 fully saturated rings. The van der Waals surface area contributed by atoms with E-state index >= 15 is 0 Å². The van der Waals surface area contributed by atoms with E-state index in [0.717, 1.165) is 6.42 Å². The standard InChI is InChI=1S/C19H23N/c1-2-3-4-5-9-14-19(17-11-7-6-8-12-17)18-13-10-15-20-16-18/h6-8,10-16H,2-5,9H2,1H3/b19-14+. The van der Waals surface area contributed by atoms with Crippen molar-refractivity contribution in [3.8, 4) is 0 Å². The van der Waals surface area contributed by atoms with Crippen LogP contribution in [0.1, 0.15) is 50.2 Å². The van der Waals surface area contributed by atoms with Gasteiger partial charge in [0.1, 0.15) is 0 Å². The van der Waals surface area contributed by atoms with Crippen molar-refractivity contribution in [3.63, 3.8) is 0 Å². The molecule has 1 heterocycles. The molecule has 0 N–H and O–H groups in total. The van der Waals surface area contributed by atoms with E-state index in [4.69, 9.17) is 0 Å². The molecule has 0 aliphatic carbocycles. The lowest BCUT2D eigenvalue weighted by Crippen LogP contribution is -1.89. The van der Waals surface area contributed by atoms with Crippen LogP contribution in [0.5, 0.6) is 0 Å². The number of allylic oxidation sites excluding steroid dienone is 1. The Morgan fingerprint density at radius 1 is 0.950 bits per heavy atom. The summed E-state index contributed by atoms with van der Waals surface area (Å²) in [5.41, 5.74) is 3.78. The second kappa shape index (κ2) is 8.31. The summed E-state index contributed by atoms with van der Waals surface area (Å²) in [5.74, 6) is 0. The van der Waals surface area contributed by atoms with Gasteiger partial charge in [0.2, 0.25) is 0 Å². The van der Waals surface area contributed by atoms with Crippen molar-refractivity contribution in [1.82, 2.24) is 4.98 Å². The summed E-state index contributed by atoms with van der Waals surface area (Å²) < 4.78 is 0. The number of benzene rings is 1. The first kappa shape index (κ1) is 14.5. The third kappa shape index (κ3) is 4.34. The molecule has 0 saturated heterocycles. The Morgan fingerprint density at radius 3 is 2.45 bits per heavy atom. The summed E-state index contributed by atoms with van der Waals surface area (Å²) in [4.78, 5) is 4.25. The maximum atomic E-state index is 4.25. The molecule has 0 bridgehead atoms. The number of hydrogen-bond donors (Lipinski definition) is 0. The monoisotopic (exact) mass is 265 g/mol. The molecule has 2 aromatic rings. The molecule has 0 unspecified atom stereocenters. The molecule has 1 aromatic heterocycles. The maximum absolute atomic E-state index is 4.25. The topological polar surface area (TPSA) is 12.9 Å². The summed E-state index contributed by atoms with van der Waals surface area (Å²) in [6, 6.07) is 14.7. The summed E-state index contributed by atoms with van der Waals surface area (Å²) in [5, 5.41) is 0. The summed E-state index contributed by atoms with van der Waals surface area (Å²) in [6.07, 6.45) is 12.5. The van der Waals surface area contributed by atoms with Crippen molar-refractivity contribution in [2.45, 2.75) is 39.0 Å². The normalized spacial score (nSPS) is 11.6. The second-order valence-electron chi connectivity index (χ2n) is 5.07. The molecular formula is C19H23N. The van der Waals surface area contributed by atoms with Gasteiger partial charge in [-0.3, -0.25) is 4.98 Å². The Morgan fingerprint density at radius 2 is 1.75 bits per heavy atom. The third-order valence-electron chi connectivity index (χ3n) is 3.46. The molecule has 0 atom stereocenters. The molecule has 0 aliphatic heterocycles. The number of rotatable bonds is 7.